The number of aryl methyl sites for hydroxylation is 1. The van der Waals surface area contributed by atoms with Crippen LogP contribution >= 0.6 is 0 Å². The van der Waals surface area contributed by atoms with Crippen LogP contribution in [0.5, 0.6) is 0 Å². The van der Waals surface area contributed by atoms with Gasteiger partial charge in [0.1, 0.15) is 0 Å². The van der Waals surface area contributed by atoms with E-state index in [9.17, 15) is 9.32 Å². The Morgan fingerprint density at radius 1 is 1.00 bits per heavy atom. The molecular weight excluding hydrogens is 320 g/mol. The highest BCUT2D eigenvalue weighted by molar-refractivity contribution is 7.89. The summed E-state index contributed by atoms with van der Waals surface area (Å²) in [6.45, 7) is 8.48. The molecule has 0 fully saturated rings. The van der Waals surface area contributed by atoms with Gasteiger partial charge < -0.3 is 5.11 Å². The highest BCUT2D eigenvalue weighted by Crippen LogP contribution is 2.32. The van der Waals surface area contributed by atoms with E-state index in [1.165, 1.54) is 0 Å². The van der Waals surface area contributed by atoms with E-state index < -0.39 is 18.9 Å². The number of benzene rings is 2. The summed E-state index contributed by atoms with van der Waals surface area (Å²) in [6.07, 6.45) is 0. The Labute approximate surface area is 142 Å². The van der Waals surface area contributed by atoms with E-state index in [1.807, 2.05) is 61.5 Å². The van der Waals surface area contributed by atoms with E-state index in [0.29, 0.717) is 4.91 Å². The van der Waals surface area contributed by atoms with Gasteiger partial charge in [0.15, 0.2) is 0 Å². The lowest BCUT2D eigenvalue weighted by molar-refractivity contribution is 0.339. The van der Waals surface area contributed by atoms with Gasteiger partial charge in [0, 0.05) is 9.80 Å². The average molecular weight is 345 g/mol. The first-order valence-electron chi connectivity index (χ1n) is 7.73. The van der Waals surface area contributed by atoms with Gasteiger partial charge in [-0.15, -0.1) is 0 Å². The van der Waals surface area contributed by atoms with Crippen LogP contribution in [0.25, 0.3) is 5.20 Å². The molecule has 0 heterocycles. The van der Waals surface area contributed by atoms with Gasteiger partial charge in [-0.3, -0.25) is 0 Å². The van der Waals surface area contributed by atoms with Crippen LogP contribution in [0.4, 0.5) is 0 Å². The second kappa shape index (κ2) is 7.38. The quantitative estimate of drug-likeness (QED) is 0.817. The normalized spacial score (nSPS) is 14.3. The summed E-state index contributed by atoms with van der Waals surface area (Å²) >= 11 is 0. The van der Waals surface area contributed by atoms with Crippen molar-refractivity contribution in [3.63, 3.8) is 0 Å². The summed E-state index contributed by atoms with van der Waals surface area (Å²) in [5.41, 5.74) is 2.20. The molecule has 0 saturated heterocycles. The minimum Gasteiger partial charge on any atom is -0.391 e. The lowest BCUT2D eigenvalue weighted by atomic mass is 10.2. The van der Waals surface area contributed by atoms with Gasteiger partial charge in [0.2, 0.25) is 0 Å². The van der Waals surface area contributed by atoms with Crippen LogP contribution in [0.1, 0.15) is 11.1 Å². The summed E-state index contributed by atoms with van der Waals surface area (Å²) in [4.78, 5) is 1.38. The standard InChI is InChI=1S/C19H24O2SSi/c1-15-10-12-17(13-11-15)22(21)18(14-20)19(23(2,3)4)16-8-6-5-7-9-16/h5-13,20H,14H2,1-4H3/b19-18-. The van der Waals surface area contributed by atoms with Crippen LogP contribution in [0, 0.1) is 6.92 Å². The molecule has 0 aromatic heterocycles. The van der Waals surface area contributed by atoms with Gasteiger partial charge in [-0.2, -0.15) is 0 Å². The summed E-state index contributed by atoms with van der Waals surface area (Å²) < 4.78 is 13.1. The summed E-state index contributed by atoms with van der Waals surface area (Å²) in [7, 11) is -3.13. The maximum atomic E-state index is 13.1. The summed E-state index contributed by atoms with van der Waals surface area (Å²) in [6, 6.07) is 17.7. The zero-order chi connectivity index (χ0) is 17.0. The number of aliphatic hydroxyl groups is 1. The van der Waals surface area contributed by atoms with Crippen molar-refractivity contribution in [2.24, 2.45) is 0 Å². The molecule has 0 radical (unpaired) electrons. The molecule has 0 saturated carbocycles. The fourth-order valence-electron chi connectivity index (χ4n) is 2.65. The first kappa shape index (κ1) is 17.9. The molecule has 2 rings (SSSR count). The van der Waals surface area contributed by atoms with Crippen molar-refractivity contribution in [3.05, 3.63) is 70.6 Å². The van der Waals surface area contributed by atoms with Crippen LogP contribution in [-0.2, 0) is 10.8 Å². The Bertz CT molecular complexity index is 713. The molecular formula is C19H24O2SSi. The van der Waals surface area contributed by atoms with Gasteiger partial charge in [-0.25, -0.2) is 4.21 Å². The Morgan fingerprint density at radius 3 is 2.04 bits per heavy atom. The zero-order valence-electron chi connectivity index (χ0n) is 14.2. The van der Waals surface area contributed by atoms with Crippen LogP contribution in [0.15, 0.2) is 64.4 Å². The molecule has 0 aliphatic heterocycles. The van der Waals surface area contributed by atoms with E-state index >= 15 is 0 Å². The topological polar surface area (TPSA) is 37.3 Å². The molecule has 122 valence electrons. The van der Waals surface area contributed by atoms with E-state index in [2.05, 4.69) is 19.6 Å². The Kier molecular flexibility index (Phi) is 5.73. The van der Waals surface area contributed by atoms with Crippen LogP contribution in [-0.4, -0.2) is 24.0 Å². The van der Waals surface area contributed by atoms with Gasteiger partial charge in [0.25, 0.3) is 0 Å². The van der Waals surface area contributed by atoms with E-state index in [-0.39, 0.29) is 6.61 Å². The molecule has 0 aliphatic rings. The highest BCUT2D eigenvalue weighted by Gasteiger charge is 2.27. The second-order valence-corrected chi connectivity index (χ2v) is 13.2. The van der Waals surface area contributed by atoms with E-state index in [4.69, 9.17) is 0 Å². The first-order chi connectivity index (χ1) is 10.8. The summed E-state index contributed by atoms with van der Waals surface area (Å²) in [5, 5.41) is 11.1. The predicted octanol–water partition coefficient (Wildman–Crippen LogP) is 4.38. The molecule has 2 nitrogen and oxygen atoms in total. The second-order valence-electron chi connectivity index (χ2n) is 6.65. The fraction of sp³-hybridized carbons (Fsp3) is 0.263. The molecule has 0 bridgehead atoms. The molecule has 4 heteroatoms. The van der Waals surface area contributed by atoms with Crippen molar-refractivity contribution in [2.75, 3.05) is 6.61 Å². The lowest BCUT2D eigenvalue weighted by Gasteiger charge is -2.25. The maximum absolute atomic E-state index is 13.1. The van der Waals surface area contributed by atoms with Crippen molar-refractivity contribution in [2.45, 2.75) is 31.5 Å². The fourth-order valence-corrected chi connectivity index (χ4v) is 6.88. The molecule has 1 N–H and O–H groups in total. The number of hydrogen-bond acceptors (Lipinski definition) is 2. The molecule has 23 heavy (non-hydrogen) atoms. The maximum Gasteiger partial charge on any atom is 0.0831 e. The highest BCUT2D eigenvalue weighted by atomic mass is 32.2. The van der Waals surface area contributed by atoms with Gasteiger partial charge >= 0.3 is 0 Å². The van der Waals surface area contributed by atoms with Crippen LogP contribution in [0.2, 0.25) is 19.6 Å². The Balaban J connectivity index is 2.62. The smallest absolute Gasteiger partial charge is 0.0831 e. The number of aliphatic hydroxyl groups excluding tert-OH is 1. The van der Waals surface area contributed by atoms with Crippen molar-refractivity contribution in [3.8, 4) is 0 Å². The third-order valence-electron chi connectivity index (χ3n) is 3.69. The molecule has 2 aromatic carbocycles. The number of rotatable bonds is 5. The minimum atomic E-state index is -1.79. The first-order valence-corrected chi connectivity index (χ1v) is 12.4. The van der Waals surface area contributed by atoms with Gasteiger partial charge in [0.05, 0.1) is 25.5 Å². The monoisotopic (exact) mass is 344 g/mol. The molecule has 1 atom stereocenters. The molecule has 0 amide bonds. The van der Waals surface area contributed by atoms with Crippen molar-refractivity contribution in [1.29, 1.82) is 0 Å². The largest absolute Gasteiger partial charge is 0.391 e. The van der Waals surface area contributed by atoms with Crippen molar-refractivity contribution in [1.82, 2.24) is 0 Å². The molecule has 2 aromatic rings. The third-order valence-corrected chi connectivity index (χ3v) is 7.45. The molecule has 1 unspecified atom stereocenters. The van der Waals surface area contributed by atoms with Crippen molar-refractivity contribution < 1.29 is 9.32 Å². The van der Waals surface area contributed by atoms with Crippen LogP contribution < -0.4 is 0 Å². The van der Waals surface area contributed by atoms with E-state index in [1.54, 1.807) is 0 Å². The third kappa shape index (κ3) is 4.28. The van der Waals surface area contributed by atoms with E-state index in [0.717, 1.165) is 21.2 Å². The predicted molar refractivity (Wildman–Crippen MR) is 101 cm³/mol. The number of hydrogen-bond donors (Lipinski definition) is 1. The molecule has 0 aliphatic carbocycles. The van der Waals surface area contributed by atoms with Gasteiger partial charge in [-0.1, -0.05) is 67.7 Å². The SMILES string of the molecule is Cc1ccc(S(=O)/C(CO)=C(/c2ccccc2)[Si](C)(C)C)cc1. The summed E-state index contributed by atoms with van der Waals surface area (Å²) in [5.74, 6) is 0. The van der Waals surface area contributed by atoms with Crippen molar-refractivity contribution >= 4 is 24.1 Å². The Hall–Kier alpha value is -1.49. The molecule has 0 spiro atoms. The minimum absolute atomic E-state index is 0.186. The van der Waals surface area contributed by atoms with Gasteiger partial charge in [-0.05, 0) is 29.8 Å². The lowest BCUT2D eigenvalue weighted by Crippen LogP contribution is -2.26. The zero-order valence-corrected chi connectivity index (χ0v) is 16.0. The Morgan fingerprint density at radius 2 is 1.57 bits per heavy atom. The average Bonchev–Trinajstić information content (AvgIpc) is 2.52. The van der Waals surface area contributed by atoms with Crippen LogP contribution in [0.3, 0.4) is 0 Å².